The Morgan fingerprint density at radius 3 is 2.28 bits per heavy atom. The fourth-order valence-corrected chi connectivity index (χ4v) is 9.03. The zero-order chi connectivity index (χ0) is 36.7. The summed E-state index contributed by atoms with van der Waals surface area (Å²) in [7, 11) is 0. The van der Waals surface area contributed by atoms with Crippen molar-refractivity contribution in [3.05, 3.63) is 100 Å². The molecule has 4 aliphatic rings. The maximum Gasteiger partial charge on any atom is 0.248 e. The number of ether oxygens (including phenoxy) is 3. The Kier molecular flexibility index (Phi) is 12.0. The highest BCUT2D eigenvalue weighted by Gasteiger charge is 2.48. The molecule has 10 heteroatoms. The Morgan fingerprint density at radius 2 is 1.57 bits per heavy atom. The van der Waals surface area contributed by atoms with Crippen LogP contribution >= 0.6 is 0 Å². The number of aliphatic hydroxyl groups excluding tert-OH is 1. The third-order valence-electron chi connectivity index (χ3n) is 12.1. The number of rotatable bonds is 18. The van der Waals surface area contributed by atoms with Crippen LogP contribution < -0.4 is 20.3 Å². The van der Waals surface area contributed by atoms with Gasteiger partial charge in [-0.3, -0.25) is 4.79 Å². The highest BCUT2D eigenvalue weighted by molar-refractivity contribution is 5.87. The van der Waals surface area contributed by atoms with Crippen molar-refractivity contribution in [2.24, 2.45) is 11.8 Å². The number of hydrogen-bond acceptors (Lipinski definition) is 8. The average molecular weight is 727 g/mol. The highest BCUT2D eigenvalue weighted by Crippen LogP contribution is 2.43. The number of aromatic amines is 1. The van der Waals surface area contributed by atoms with E-state index in [0.717, 1.165) is 60.3 Å². The van der Waals surface area contributed by atoms with Crippen molar-refractivity contribution >= 4 is 10.9 Å². The Bertz CT molecular complexity index is 1820. The van der Waals surface area contributed by atoms with Crippen LogP contribution in [-0.2, 0) is 10.3 Å². The molecule has 284 valence electrons. The quantitative estimate of drug-likeness (QED) is 0.0643. The molecule has 5 N–H and O–H groups in total. The number of benzene rings is 3. The number of phenolic OH excluding ortho intramolecular Hbond substituents is 1. The van der Waals surface area contributed by atoms with E-state index in [2.05, 4.69) is 22.4 Å². The van der Waals surface area contributed by atoms with Crippen molar-refractivity contribution < 1.29 is 34.0 Å². The molecule has 3 saturated heterocycles. The van der Waals surface area contributed by atoms with Crippen LogP contribution in [-0.4, -0.2) is 90.0 Å². The van der Waals surface area contributed by atoms with E-state index in [1.807, 2.05) is 42.5 Å². The summed E-state index contributed by atoms with van der Waals surface area (Å²) in [6, 6.07) is 24.2. The largest absolute Gasteiger partial charge is 0.506 e. The molecular weight excluding hydrogens is 670 g/mol. The minimum atomic E-state index is -0.914. The normalized spacial score (nSPS) is 23.2. The Morgan fingerprint density at radius 1 is 0.868 bits per heavy atom. The summed E-state index contributed by atoms with van der Waals surface area (Å²) in [5.74, 6) is 2.45. The minimum absolute atomic E-state index is 0.0245. The van der Waals surface area contributed by atoms with Crippen LogP contribution in [0.5, 0.6) is 17.2 Å². The van der Waals surface area contributed by atoms with Gasteiger partial charge in [-0.1, -0.05) is 49.2 Å². The standard InChI is InChI=1S/C43H55N3O7/c47-38-18-16-36(37-17-19-41(49)45-42(37)38)39(48)28-44-22-6-26-51-34-12-14-35(15-13-34)52-27-7-23-46-24-20-31(21-25-46)40(29-46)53-30-43(50,33-10-4-5-11-33)32-8-2-1-3-9-32/h1-3,8-9,12-19,31,33,39-40,44,48,50H,4-7,10-11,20-30H2,(H-,45,47,49)/p+1/t31?,39-,40-,43+,46?/m0/s1. The summed E-state index contributed by atoms with van der Waals surface area (Å²) >= 11 is 0. The Balaban J connectivity index is 0.800. The molecule has 2 bridgehead atoms. The van der Waals surface area contributed by atoms with Gasteiger partial charge in [0.05, 0.1) is 51.1 Å². The number of aromatic hydroxyl groups is 1. The van der Waals surface area contributed by atoms with E-state index in [1.165, 1.54) is 50.9 Å². The first-order valence-corrected chi connectivity index (χ1v) is 19.7. The lowest BCUT2D eigenvalue weighted by atomic mass is 9.80. The second kappa shape index (κ2) is 17.0. The summed E-state index contributed by atoms with van der Waals surface area (Å²) in [5.41, 5.74) is 0.748. The first-order chi connectivity index (χ1) is 25.8. The fraction of sp³-hybridized carbons (Fsp3) is 0.512. The zero-order valence-corrected chi connectivity index (χ0v) is 30.8. The van der Waals surface area contributed by atoms with Crippen LogP contribution in [0.15, 0.2) is 83.7 Å². The van der Waals surface area contributed by atoms with Crippen LogP contribution in [0.25, 0.3) is 10.9 Å². The molecule has 8 rings (SSSR count). The van der Waals surface area contributed by atoms with Crippen molar-refractivity contribution in [3.8, 4) is 17.2 Å². The number of piperidine rings is 3. The molecule has 0 amide bonds. The molecule has 4 heterocycles. The molecule has 0 unspecified atom stereocenters. The molecule has 0 spiro atoms. The van der Waals surface area contributed by atoms with Gasteiger partial charge in [-0.2, -0.15) is 0 Å². The lowest BCUT2D eigenvalue weighted by molar-refractivity contribution is -0.946. The smallest absolute Gasteiger partial charge is 0.248 e. The molecule has 0 radical (unpaired) electrons. The summed E-state index contributed by atoms with van der Waals surface area (Å²) in [6.45, 7) is 7.10. The van der Waals surface area contributed by atoms with Crippen molar-refractivity contribution in [2.75, 3.05) is 59.1 Å². The number of nitrogens with zero attached hydrogens (tertiary/aromatic N) is 1. The second-order valence-electron chi connectivity index (χ2n) is 15.5. The van der Waals surface area contributed by atoms with Gasteiger partial charge in [0.15, 0.2) is 0 Å². The monoisotopic (exact) mass is 726 g/mol. The molecule has 1 saturated carbocycles. The van der Waals surface area contributed by atoms with Gasteiger partial charge in [-0.25, -0.2) is 0 Å². The van der Waals surface area contributed by atoms with Crippen LogP contribution in [0, 0.1) is 11.8 Å². The van der Waals surface area contributed by atoms with Crippen LogP contribution in [0.1, 0.15) is 68.6 Å². The van der Waals surface area contributed by atoms with E-state index in [4.69, 9.17) is 14.2 Å². The number of quaternary nitrogens is 1. The Labute approximate surface area is 312 Å². The van der Waals surface area contributed by atoms with Gasteiger partial charge in [-0.05, 0) is 79.3 Å². The number of H-pyrrole nitrogens is 1. The number of fused-ring (bicyclic) bond motifs is 4. The van der Waals surface area contributed by atoms with Crippen molar-refractivity contribution in [2.45, 2.75) is 69.2 Å². The summed E-state index contributed by atoms with van der Waals surface area (Å²) in [5, 5.41) is 36.7. The summed E-state index contributed by atoms with van der Waals surface area (Å²) in [6.07, 6.45) is 8.05. The van der Waals surface area contributed by atoms with Gasteiger partial charge >= 0.3 is 0 Å². The van der Waals surface area contributed by atoms with E-state index in [0.29, 0.717) is 55.3 Å². The third kappa shape index (κ3) is 8.90. The van der Waals surface area contributed by atoms with Crippen LogP contribution in [0.4, 0.5) is 0 Å². The molecule has 3 aliphatic heterocycles. The van der Waals surface area contributed by atoms with Gasteiger partial charge in [0.1, 0.15) is 35.5 Å². The van der Waals surface area contributed by atoms with Gasteiger partial charge < -0.3 is 44.3 Å². The first-order valence-electron chi connectivity index (χ1n) is 19.7. The Hall–Kier alpha value is -3.93. The van der Waals surface area contributed by atoms with Gasteiger partial charge in [0.25, 0.3) is 0 Å². The predicted octanol–water partition coefficient (Wildman–Crippen LogP) is 5.80. The number of nitrogens with one attached hydrogen (secondary N) is 2. The van der Waals surface area contributed by atoms with E-state index in [9.17, 15) is 20.1 Å². The molecular formula is C43H56N3O7+. The summed E-state index contributed by atoms with van der Waals surface area (Å²) in [4.78, 5) is 14.3. The molecule has 4 aromatic rings. The van der Waals surface area contributed by atoms with Crippen LogP contribution in [0.3, 0.4) is 0 Å². The van der Waals surface area contributed by atoms with E-state index in [-0.39, 0.29) is 23.3 Å². The molecule has 1 aromatic heterocycles. The second-order valence-corrected chi connectivity index (χ2v) is 15.5. The van der Waals surface area contributed by atoms with Crippen molar-refractivity contribution in [1.82, 2.24) is 10.3 Å². The number of aliphatic hydroxyl groups is 2. The molecule has 53 heavy (non-hydrogen) atoms. The SMILES string of the molecule is O=c1ccc2c([C@@H](O)CNCCCOc3ccc(OCCC[N+]45CCC(CC4)[C@@H](OC[C@@](O)(c4ccccc4)C4CCCC4)C5)cc3)ccc(O)c2[nH]1. The number of phenols is 1. The third-order valence-corrected chi connectivity index (χ3v) is 12.1. The maximum absolute atomic E-state index is 12.0. The lowest BCUT2D eigenvalue weighted by Crippen LogP contribution is -2.65. The molecule has 1 aliphatic carbocycles. The molecule has 10 nitrogen and oxygen atoms in total. The molecule has 3 aromatic carbocycles. The average Bonchev–Trinajstić information content (AvgIpc) is 3.75. The van der Waals surface area contributed by atoms with Gasteiger partial charge in [-0.15, -0.1) is 0 Å². The number of hydrogen-bond donors (Lipinski definition) is 5. The predicted molar refractivity (Wildman–Crippen MR) is 205 cm³/mol. The lowest BCUT2D eigenvalue weighted by Gasteiger charge is -2.53. The topological polar surface area (TPSA) is 133 Å². The van der Waals surface area contributed by atoms with Gasteiger partial charge in [0.2, 0.25) is 5.56 Å². The van der Waals surface area contributed by atoms with Crippen molar-refractivity contribution in [1.29, 1.82) is 0 Å². The zero-order valence-electron chi connectivity index (χ0n) is 30.8. The minimum Gasteiger partial charge on any atom is -0.506 e. The molecule has 4 fully saturated rings. The van der Waals surface area contributed by atoms with E-state index in [1.54, 1.807) is 12.1 Å². The van der Waals surface area contributed by atoms with Crippen LogP contribution in [0.2, 0.25) is 0 Å². The highest BCUT2D eigenvalue weighted by atomic mass is 16.5. The number of aromatic nitrogens is 1. The van der Waals surface area contributed by atoms with E-state index < -0.39 is 11.7 Å². The number of pyridine rings is 1. The first kappa shape index (κ1) is 37.4. The fourth-order valence-electron chi connectivity index (χ4n) is 9.03. The molecule has 3 atom stereocenters. The van der Waals surface area contributed by atoms with Gasteiger partial charge in [0, 0.05) is 43.2 Å². The van der Waals surface area contributed by atoms with E-state index >= 15 is 0 Å². The maximum atomic E-state index is 12.0. The van der Waals surface area contributed by atoms with Crippen molar-refractivity contribution in [3.63, 3.8) is 0 Å². The summed E-state index contributed by atoms with van der Waals surface area (Å²) < 4.78 is 19.9.